The first kappa shape index (κ1) is 7.57. The van der Waals surface area contributed by atoms with Crippen molar-refractivity contribution in [3.8, 4) is 0 Å². The zero-order valence-corrected chi connectivity index (χ0v) is 8.13. The van der Waals surface area contributed by atoms with Gasteiger partial charge >= 0.3 is 0 Å². The third-order valence-electron chi connectivity index (χ3n) is 3.44. The predicted octanol–water partition coefficient (Wildman–Crippen LogP) is 2.73. The van der Waals surface area contributed by atoms with Gasteiger partial charge in [0.2, 0.25) is 0 Å². The van der Waals surface area contributed by atoms with Gasteiger partial charge in [-0.1, -0.05) is 25.1 Å². The van der Waals surface area contributed by atoms with Crippen LogP contribution in [0.1, 0.15) is 36.0 Å². The van der Waals surface area contributed by atoms with Crippen LogP contribution in [0.3, 0.4) is 0 Å². The number of aryl methyl sites for hydroxylation is 1. The van der Waals surface area contributed by atoms with E-state index < -0.39 is 0 Å². The average molecular weight is 174 g/mol. The lowest BCUT2D eigenvalue weighted by atomic mass is 9.98. The van der Waals surface area contributed by atoms with Gasteiger partial charge in [-0.05, 0) is 36.0 Å². The van der Waals surface area contributed by atoms with Gasteiger partial charge in [-0.25, -0.2) is 0 Å². The standard InChI is InChI=1S/C12H14O/c1-8-4-3-5-10-11(8)9(2)6-12(10)7-13-12/h3-5,9H,6-7H2,1-2H3. The molecule has 1 heterocycles. The van der Waals surface area contributed by atoms with Gasteiger partial charge in [0.15, 0.2) is 0 Å². The van der Waals surface area contributed by atoms with E-state index >= 15 is 0 Å². The summed E-state index contributed by atoms with van der Waals surface area (Å²) in [6, 6.07) is 6.59. The molecule has 2 aliphatic rings. The average Bonchev–Trinajstić information content (AvgIpc) is 2.78. The van der Waals surface area contributed by atoms with Crippen LogP contribution in [0, 0.1) is 6.92 Å². The molecule has 1 nitrogen and oxygen atoms in total. The molecule has 1 aliphatic heterocycles. The van der Waals surface area contributed by atoms with Crippen molar-refractivity contribution >= 4 is 0 Å². The van der Waals surface area contributed by atoms with Crippen LogP contribution in [0.4, 0.5) is 0 Å². The zero-order valence-electron chi connectivity index (χ0n) is 8.13. The fourth-order valence-corrected chi connectivity index (χ4v) is 2.80. The van der Waals surface area contributed by atoms with Crippen molar-refractivity contribution in [2.75, 3.05) is 6.61 Å². The monoisotopic (exact) mass is 174 g/mol. The summed E-state index contributed by atoms with van der Waals surface area (Å²) in [5.41, 5.74) is 4.57. The molecule has 2 unspecified atom stereocenters. The smallest absolute Gasteiger partial charge is 0.117 e. The topological polar surface area (TPSA) is 12.5 Å². The van der Waals surface area contributed by atoms with Crippen LogP contribution in [0.25, 0.3) is 0 Å². The van der Waals surface area contributed by atoms with Crippen molar-refractivity contribution in [3.63, 3.8) is 0 Å². The Hall–Kier alpha value is -0.820. The second-order valence-corrected chi connectivity index (χ2v) is 4.42. The van der Waals surface area contributed by atoms with Crippen LogP contribution in [0.5, 0.6) is 0 Å². The number of hydrogen-bond acceptors (Lipinski definition) is 1. The molecule has 0 aromatic heterocycles. The number of ether oxygens (including phenoxy) is 1. The molecule has 68 valence electrons. The molecule has 0 amide bonds. The fourth-order valence-electron chi connectivity index (χ4n) is 2.80. The number of epoxide rings is 1. The predicted molar refractivity (Wildman–Crippen MR) is 51.8 cm³/mol. The first-order valence-electron chi connectivity index (χ1n) is 4.97. The maximum Gasteiger partial charge on any atom is 0.117 e. The number of hydrogen-bond donors (Lipinski definition) is 0. The normalized spacial score (nSPS) is 35.1. The Bertz CT molecular complexity index is 363. The number of rotatable bonds is 0. The highest BCUT2D eigenvalue weighted by Gasteiger charge is 2.53. The highest BCUT2D eigenvalue weighted by molar-refractivity contribution is 5.47. The molecule has 13 heavy (non-hydrogen) atoms. The minimum absolute atomic E-state index is 0.140. The molecule has 1 saturated heterocycles. The van der Waals surface area contributed by atoms with Crippen molar-refractivity contribution in [1.82, 2.24) is 0 Å². The number of fused-ring (bicyclic) bond motifs is 2. The van der Waals surface area contributed by atoms with Crippen molar-refractivity contribution in [2.45, 2.75) is 31.8 Å². The minimum atomic E-state index is 0.140. The van der Waals surface area contributed by atoms with E-state index in [4.69, 9.17) is 4.74 Å². The molecule has 0 N–H and O–H groups in total. The van der Waals surface area contributed by atoms with Gasteiger partial charge in [-0.3, -0.25) is 0 Å². The molecule has 0 bridgehead atoms. The molecular weight excluding hydrogens is 160 g/mol. The van der Waals surface area contributed by atoms with Crippen LogP contribution in [-0.4, -0.2) is 6.61 Å². The minimum Gasteiger partial charge on any atom is -0.364 e. The Morgan fingerprint density at radius 3 is 2.92 bits per heavy atom. The molecular formula is C12H14O. The first-order valence-corrected chi connectivity index (χ1v) is 4.97. The highest BCUT2D eigenvalue weighted by Crippen LogP contribution is 2.54. The molecule has 3 rings (SSSR count). The van der Waals surface area contributed by atoms with Crippen molar-refractivity contribution in [2.24, 2.45) is 0 Å². The lowest BCUT2D eigenvalue weighted by Crippen LogP contribution is -2.02. The molecule has 2 atom stereocenters. The van der Waals surface area contributed by atoms with Gasteiger partial charge in [0.05, 0.1) is 6.61 Å². The van der Waals surface area contributed by atoms with Gasteiger partial charge in [0.1, 0.15) is 5.60 Å². The number of benzene rings is 1. The van der Waals surface area contributed by atoms with Gasteiger partial charge in [0.25, 0.3) is 0 Å². The largest absolute Gasteiger partial charge is 0.364 e. The fraction of sp³-hybridized carbons (Fsp3) is 0.500. The van der Waals surface area contributed by atoms with Gasteiger partial charge in [-0.15, -0.1) is 0 Å². The highest BCUT2D eigenvalue weighted by atomic mass is 16.6. The summed E-state index contributed by atoms with van der Waals surface area (Å²) in [6.07, 6.45) is 1.19. The van der Waals surface area contributed by atoms with Gasteiger partial charge in [-0.2, -0.15) is 0 Å². The van der Waals surface area contributed by atoms with Crippen molar-refractivity contribution in [3.05, 3.63) is 34.9 Å². The Kier molecular flexibility index (Phi) is 1.26. The Labute approximate surface area is 78.7 Å². The van der Waals surface area contributed by atoms with Crippen LogP contribution < -0.4 is 0 Å². The van der Waals surface area contributed by atoms with E-state index in [1.807, 2.05) is 0 Å². The molecule has 1 aromatic rings. The summed E-state index contributed by atoms with van der Waals surface area (Å²) in [4.78, 5) is 0. The quantitative estimate of drug-likeness (QED) is 0.551. The van der Waals surface area contributed by atoms with E-state index in [0.717, 1.165) is 6.61 Å². The third kappa shape index (κ3) is 0.856. The molecule has 0 saturated carbocycles. The lowest BCUT2D eigenvalue weighted by molar-refractivity contribution is 0.300. The summed E-state index contributed by atoms with van der Waals surface area (Å²) >= 11 is 0. The molecule has 1 aliphatic carbocycles. The second-order valence-electron chi connectivity index (χ2n) is 4.42. The van der Waals surface area contributed by atoms with E-state index in [-0.39, 0.29) is 5.60 Å². The van der Waals surface area contributed by atoms with Crippen molar-refractivity contribution < 1.29 is 4.74 Å². The van der Waals surface area contributed by atoms with Crippen LogP contribution in [-0.2, 0) is 10.3 Å². The third-order valence-corrected chi connectivity index (χ3v) is 3.44. The first-order chi connectivity index (χ1) is 6.23. The SMILES string of the molecule is Cc1cccc2c1C(C)CC21CO1. The summed E-state index contributed by atoms with van der Waals surface area (Å²) in [5, 5.41) is 0. The Balaban J connectivity index is 2.25. The maximum atomic E-state index is 5.61. The Morgan fingerprint density at radius 1 is 1.46 bits per heavy atom. The van der Waals surface area contributed by atoms with E-state index in [9.17, 15) is 0 Å². The van der Waals surface area contributed by atoms with Crippen LogP contribution in [0.2, 0.25) is 0 Å². The summed E-state index contributed by atoms with van der Waals surface area (Å²) in [5.74, 6) is 0.679. The molecule has 1 aromatic carbocycles. The van der Waals surface area contributed by atoms with Crippen molar-refractivity contribution in [1.29, 1.82) is 0 Å². The van der Waals surface area contributed by atoms with E-state index in [2.05, 4.69) is 32.0 Å². The maximum absolute atomic E-state index is 5.61. The second kappa shape index (κ2) is 2.16. The van der Waals surface area contributed by atoms with E-state index in [1.165, 1.54) is 17.5 Å². The van der Waals surface area contributed by atoms with Gasteiger partial charge in [0, 0.05) is 0 Å². The van der Waals surface area contributed by atoms with E-state index in [0.29, 0.717) is 5.92 Å². The molecule has 0 radical (unpaired) electrons. The van der Waals surface area contributed by atoms with Gasteiger partial charge < -0.3 is 4.74 Å². The van der Waals surface area contributed by atoms with E-state index in [1.54, 1.807) is 5.56 Å². The summed E-state index contributed by atoms with van der Waals surface area (Å²) < 4.78 is 5.61. The summed E-state index contributed by atoms with van der Waals surface area (Å²) in [7, 11) is 0. The van der Waals surface area contributed by atoms with Crippen LogP contribution in [0.15, 0.2) is 18.2 Å². The molecule has 1 heteroatoms. The molecule has 1 spiro atoms. The summed E-state index contributed by atoms with van der Waals surface area (Å²) in [6.45, 7) is 5.45. The van der Waals surface area contributed by atoms with Crippen LogP contribution >= 0.6 is 0 Å². The molecule has 1 fully saturated rings. The Morgan fingerprint density at radius 2 is 2.23 bits per heavy atom. The zero-order chi connectivity index (χ0) is 9.05. The lowest BCUT2D eigenvalue weighted by Gasteiger charge is -2.07.